The van der Waals surface area contributed by atoms with Gasteiger partial charge in [-0.05, 0) is 30.2 Å². The molecule has 2 rings (SSSR count). The van der Waals surface area contributed by atoms with Gasteiger partial charge in [0.05, 0.1) is 4.92 Å². The fourth-order valence-corrected chi connectivity index (χ4v) is 2.09. The molecule has 0 aliphatic carbocycles. The first-order valence-corrected chi connectivity index (χ1v) is 6.89. The quantitative estimate of drug-likeness (QED) is 0.591. The second-order valence-electron chi connectivity index (χ2n) is 5.77. The number of rotatable bonds is 4. The van der Waals surface area contributed by atoms with Crippen LogP contribution in [0.25, 0.3) is 6.08 Å². The van der Waals surface area contributed by atoms with Crippen molar-refractivity contribution >= 4 is 11.8 Å². The summed E-state index contributed by atoms with van der Waals surface area (Å²) in [6, 6.07) is 15.1. The predicted octanol–water partition coefficient (Wildman–Crippen LogP) is 4.89. The van der Waals surface area contributed by atoms with Crippen molar-refractivity contribution in [3.8, 4) is 0 Å². The Morgan fingerprint density at radius 3 is 2.10 bits per heavy atom. The number of nitro groups is 1. The van der Waals surface area contributed by atoms with Crippen molar-refractivity contribution in [3.63, 3.8) is 0 Å². The van der Waals surface area contributed by atoms with Crippen LogP contribution in [0.5, 0.6) is 0 Å². The minimum atomic E-state index is -0.385. The Labute approximate surface area is 125 Å². The van der Waals surface area contributed by atoms with Crippen LogP contribution in [-0.4, -0.2) is 4.92 Å². The van der Waals surface area contributed by atoms with Crippen molar-refractivity contribution in [2.24, 2.45) is 0 Å². The third-order valence-electron chi connectivity index (χ3n) is 3.59. The normalized spacial score (nSPS) is 11.8. The van der Waals surface area contributed by atoms with Crippen molar-refractivity contribution in [1.29, 1.82) is 0 Å². The van der Waals surface area contributed by atoms with E-state index in [1.54, 1.807) is 12.1 Å². The fraction of sp³-hybridized carbons (Fsp3) is 0.222. The van der Waals surface area contributed by atoms with Crippen molar-refractivity contribution in [3.05, 3.63) is 81.4 Å². The molecule has 0 amide bonds. The second kappa shape index (κ2) is 5.92. The Balaban J connectivity index is 2.18. The number of aryl methyl sites for hydroxylation is 1. The van der Waals surface area contributed by atoms with Gasteiger partial charge in [-0.2, -0.15) is 0 Å². The van der Waals surface area contributed by atoms with E-state index in [9.17, 15) is 10.1 Å². The monoisotopic (exact) mass is 281 g/mol. The average molecular weight is 281 g/mol. The molecule has 0 spiro atoms. The van der Waals surface area contributed by atoms with Crippen LogP contribution in [0, 0.1) is 17.0 Å². The van der Waals surface area contributed by atoms with Gasteiger partial charge in [0.25, 0.3) is 5.69 Å². The molecule has 2 aromatic carbocycles. The summed E-state index contributed by atoms with van der Waals surface area (Å²) in [5, 5.41) is 10.6. The maximum atomic E-state index is 10.6. The van der Waals surface area contributed by atoms with Crippen LogP contribution < -0.4 is 0 Å². The molecule has 0 fully saturated rings. The number of nitrogens with zero attached hydrogens (tertiary/aromatic N) is 1. The minimum Gasteiger partial charge on any atom is -0.258 e. The molecule has 2 aromatic rings. The first-order valence-electron chi connectivity index (χ1n) is 6.89. The van der Waals surface area contributed by atoms with Gasteiger partial charge in [-0.1, -0.05) is 55.8 Å². The lowest BCUT2D eigenvalue weighted by Crippen LogP contribution is -2.13. The van der Waals surface area contributed by atoms with E-state index >= 15 is 0 Å². The SMILES string of the molecule is Cc1ccc(C(C)(C)/C=C/c2ccc([N+](=O)[O-])cc2)cc1. The van der Waals surface area contributed by atoms with Gasteiger partial charge in [0, 0.05) is 17.5 Å². The lowest BCUT2D eigenvalue weighted by molar-refractivity contribution is -0.384. The lowest BCUT2D eigenvalue weighted by atomic mass is 9.83. The zero-order chi connectivity index (χ0) is 15.5. The summed E-state index contributed by atoms with van der Waals surface area (Å²) in [5.74, 6) is 0. The Morgan fingerprint density at radius 1 is 1.00 bits per heavy atom. The Bertz CT molecular complexity index is 653. The minimum absolute atomic E-state index is 0.0878. The van der Waals surface area contributed by atoms with Gasteiger partial charge in [0.15, 0.2) is 0 Å². The molecule has 3 heteroatoms. The lowest BCUT2D eigenvalue weighted by Gasteiger charge is -2.21. The zero-order valence-corrected chi connectivity index (χ0v) is 12.5. The van der Waals surface area contributed by atoms with Gasteiger partial charge < -0.3 is 0 Å². The van der Waals surface area contributed by atoms with Crippen molar-refractivity contribution in [2.75, 3.05) is 0 Å². The van der Waals surface area contributed by atoms with E-state index in [1.165, 1.54) is 23.3 Å². The van der Waals surface area contributed by atoms with Gasteiger partial charge in [-0.3, -0.25) is 10.1 Å². The molecule has 21 heavy (non-hydrogen) atoms. The standard InChI is InChI=1S/C18H19NO2/c1-14-4-8-16(9-5-14)18(2,3)13-12-15-6-10-17(11-7-15)19(20)21/h4-13H,1-3H3/b13-12+. The zero-order valence-electron chi connectivity index (χ0n) is 12.5. The van der Waals surface area contributed by atoms with Crippen LogP contribution in [0.4, 0.5) is 5.69 Å². The van der Waals surface area contributed by atoms with Crippen LogP contribution >= 0.6 is 0 Å². The summed E-state index contributed by atoms with van der Waals surface area (Å²) in [6.07, 6.45) is 4.13. The van der Waals surface area contributed by atoms with Gasteiger partial charge >= 0.3 is 0 Å². The van der Waals surface area contributed by atoms with E-state index in [-0.39, 0.29) is 16.0 Å². The van der Waals surface area contributed by atoms with Crippen LogP contribution in [0.2, 0.25) is 0 Å². The summed E-state index contributed by atoms with van der Waals surface area (Å²) in [5.41, 5.74) is 3.47. The van der Waals surface area contributed by atoms with Crippen LogP contribution in [0.15, 0.2) is 54.6 Å². The van der Waals surface area contributed by atoms with E-state index in [1.807, 2.05) is 6.08 Å². The topological polar surface area (TPSA) is 43.1 Å². The molecule has 0 saturated carbocycles. The molecular formula is C18H19NO2. The largest absolute Gasteiger partial charge is 0.269 e. The average Bonchev–Trinajstić information content (AvgIpc) is 2.46. The molecule has 0 saturated heterocycles. The number of allylic oxidation sites excluding steroid dienone is 1. The highest BCUT2D eigenvalue weighted by Gasteiger charge is 2.16. The molecule has 0 N–H and O–H groups in total. The number of non-ortho nitro benzene ring substituents is 1. The highest BCUT2D eigenvalue weighted by atomic mass is 16.6. The molecule has 0 atom stereocenters. The molecular weight excluding hydrogens is 262 g/mol. The maximum absolute atomic E-state index is 10.6. The summed E-state index contributed by atoms with van der Waals surface area (Å²) >= 11 is 0. The van der Waals surface area contributed by atoms with Crippen LogP contribution in [-0.2, 0) is 5.41 Å². The second-order valence-corrected chi connectivity index (χ2v) is 5.77. The summed E-state index contributed by atoms with van der Waals surface area (Å²) in [4.78, 5) is 10.2. The number of hydrogen-bond donors (Lipinski definition) is 0. The van der Waals surface area contributed by atoms with E-state index in [0.29, 0.717) is 0 Å². The Morgan fingerprint density at radius 2 is 1.57 bits per heavy atom. The van der Waals surface area contributed by atoms with E-state index in [4.69, 9.17) is 0 Å². The van der Waals surface area contributed by atoms with Crippen LogP contribution in [0.3, 0.4) is 0 Å². The summed E-state index contributed by atoms with van der Waals surface area (Å²) < 4.78 is 0. The Kier molecular flexibility index (Phi) is 4.22. The Hall–Kier alpha value is -2.42. The van der Waals surface area contributed by atoms with Gasteiger partial charge in [0.2, 0.25) is 0 Å². The van der Waals surface area contributed by atoms with Crippen molar-refractivity contribution in [1.82, 2.24) is 0 Å². The molecule has 0 aliphatic rings. The van der Waals surface area contributed by atoms with E-state index in [0.717, 1.165) is 5.56 Å². The third-order valence-corrected chi connectivity index (χ3v) is 3.59. The molecule has 0 unspecified atom stereocenters. The number of hydrogen-bond acceptors (Lipinski definition) is 2. The number of benzene rings is 2. The first kappa shape index (κ1) is 15.0. The van der Waals surface area contributed by atoms with Gasteiger partial charge in [-0.15, -0.1) is 0 Å². The highest BCUT2D eigenvalue weighted by molar-refractivity contribution is 5.54. The van der Waals surface area contributed by atoms with Gasteiger partial charge in [-0.25, -0.2) is 0 Å². The van der Waals surface area contributed by atoms with Gasteiger partial charge in [0.1, 0.15) is 0 Å². The fourth-order valence-electron chi connectivity index (χ4n) is 2.09. The predicted molar refractivity (Wildman–Crippen MR) is 86.3 cm³/mol. The molecule has 3 nitrogen and oxygen atoms in total. The molecule has 0 bridgehead atoms. The van der Waals surface area contributed by atoms with E-state index in [2.05, 4.69) is 51.1 Å². The third kappa shape index (κ3) is 3.78. The molecule has 0 aliphatic heterocycles. The van der Waals surface area contributed by atoms with Crippen LogP contribution in [0.1, 0.15) is 30.5 Å². The molecule has 108 valence electrons. The summed E-state index contributed by atoms with van der Waals surface area (Å²) in [7, 11) is 0. The first-order chi connectivity index (χ1) is 9.88. The van der Waals surface area contributed by atoms with E-state index < -0.39 is 0 Å². The molecule has 0 heterocycles. The van der Waals surface area contributed by atoms with Crippen molar-refractivity contribution in [2.45, 2.75) is 26.2 Å². The molecule has 0 aromatic heterocycles. The number of nitro benzene ring substituents is 1. The maximum Gasteiger partial charge on any atom is 0.269 e. The smallest absolute Gasteiger partial charge is 0.258 e. The highest BCUT2D eigenvalue weighted by Crippen LogP contribution is 2.26. The van der Waals surface area contributed by atoms with Crippen molar-refractivity contribution < 1.29 is 4.92 Å². The molecule has 0 radical (unpaired) electrons. The summed E-state index contributed by atoms with van der Waals surface area (Å²) in [6.45, 7) is 6.38.